The van der Waals surface area contributed by atoms with E-state index in [1.165, 1.54) is 24.0 Å². The number of nitrogens with one attached hydrogen (secondary N) is 1. The van der Waals surface area contributed by atoms with Gasteiger partial charge in [0.1, 0.15) is 17.3 Å². The fourth-order valence-corrected chi connectivity index (χ4v) is 3.24. The Labute approximate surface area is 156 Å². The minimum Gasteiger partial charge on any atom is -0.368 e. The minimum atomic E-state index is -0.211. The Morgan fingerprint density at radius 1 is 1.07 bits per heavy atom. The largest absolute Gasteiger partial charge is 0.368 e. The molecule has 5 nitrogen and oxygen atoms in total. The molecule has 0 saturated carbocycles. The predicted octanol–water partition coefficient (Wildman–Crippen LogP) is 3.47. The van der Waals surface area contributed by atoms with Crippen molar-refractivity contribution in [1.82, 2.24) is 9.97 Å². The quantitative estimate of drug-likeness (QED) is 0.755. The van der Waals surface area contributed by atoms with Crippen LogP contribution in [0.15, 0.2) is 60.9 Å². The van der Waals surface area contributed by atoms with Gasteiger partial charge < -0.3 is 10.2 Å². The van der Waals surface area contributed by atoms with Gasteiger partial charge in [0.15, 0.2) is 0 Å². The second kappa shape index (κ2) is 7.53. The molecular weight excluding hydrogens is 343 g/mol. The summed E-state index contributed by atoms with van der Waals surface area (Å²) in [4.78, 5) is 23.0. The van der Waals surface area contributed by atoms with E-state index in [9.17, 15) is 9.18 Å². The zero-order chi connectivity index (χ0) is 18.6. The van der Waals surface area contributed by atoms with Crippen molar-refractivity contribution < 1.29 is 9.18 Å². The summed E-state index contributed by atoms with van der Waals surface area (Å²) >= 11 is 0. The second-order valence-electron chi connectivity index (χ2n) is 6.39. The lowest BCUT2D eigenvalue weighted by Gasteiger charge is -2.16. The number of benzene rings is 2. The fourth-order valence-electron chi connectivity index (χ4n) is 3.24. The molecule has 0 aliphatic carbocycles. The second-order valence-corrected chi connectivity index (χ2v) is 6.39. The molecule has 1 amide bonds. The number of carbonyl (C=O) groups excluding carboxylic acids is 1. The number of nitrogens with zero attached hydrogens (tertiary/aromatic N) is 3. The first-order chi connectivity index (χ1) is 13.2. The fraction of sp³-hybridized carbons (Fsp3) is 0.190. The van der Waals surface area contributed by atoms with Crippen LogP contribution in [-0.4, -0.2) is 29.0 Å². The number of aromatic nitrogens is 2. The van der Waals surface area contributed by atoms with Crippen LogP contribution in [0.25, 0.3) is 0 Å². The molecule has 4 rings (SSSR count). The van der Waals surface area contributed by atoms with E-state index in [1.807, 2.05) is 30.3 Å². The zero-order valence-electron chi connectivity index (χ0n) is 14.7. The average Bonchev–Trinajstić information content (AvgIpc) is 3.14. The molecule has 2 heterocycles. The van der Waals surface area contributed by atoms with E-state index in [0.29, 0.717) is 36.6 Å². The minimum absolute atomic E-state index is 0.148. The summed E-state index contributed by atoms with van der Waals surface area (Å²) in [5, 5.41) is 3.11. The molecule has 27 heavy (non-hydrogen) atoms. The van der Waals surface area contributed by atoms with Crippen LogP contribution in [0.4, 0.5) is 15.9 Å². The highest BCUT2D eigenvalue weighted by molar-refractivity contribution is 6.05. The topological polar surface area (TPSA) is 58.1 Å². The lowest BCUT2D eigenvalue weighted by Crippen LogP contribution is -2.29. The van der Waals surface area contributed by atoms with Crippen LogP contribution in [-0.2, 0) is 12.8 Å². The number of carbonyl (C=O) groups is 1. The standard InChI is InChI=1S/C21H19FN4O/c22-17-7-3-1-5-15(17)9-11-23-20-14-24-18(13-25-20)21(27)26-12-10-16-6-2-4-8-19(16)26/h1-8,13-14H,9-12H2,(H,23,25). The van der Waals surface area contributed by atoms with Gasteiger partial charge in [0.2, 0.25) is 0 Å². The molecule has 1 aromatic heterocycles. The summed E-state index contributed by atoms with van der Waals surface area (Å²) < 4.78 is 13.6. The van der Waals surface area contributed by atoms with Crippen molar-refractivity contribution in [3.63, 3.8) is 0 Å². The molecule has 0 fully saturated rings. The number of hydrogen-bond acceptors (Lipinski definition) is 4. The summed E-state index contributed by atoms with van der Waals surface area (Å²) in [6.45, 7) is 1.19. The van der Waals surface area contributed by atoms with Gasteiger partial charge in [-0.05, 0) is 36.1 Å². The van der Waals surface area contributed by atoms with Crippen LogP contribution < -0.4 is 10.2 Å². The third-order valence-corrected chi connectivity index (χ3v) is 4.66. The summed E-state index contributed by atoms with van der Waals surface area (Å²) in [5.74, 6) is 0.201. The molecule has 0 saturated heterocycles. The van der Waals surface area contributed by atoms with Gasteiger partial charge in [-0.3, -0.25) is 4.79 Å². The van der Waals surface area contributed by atoms with Gasteiger partial charge in [-0.25, -0.2) is 14.4 Å². The normalized spacial score (nSPS) is 12.7. The summed E-state index contributed by atoms with van der Waals surface area (Å²) in [7, 11) is 0. The number of hydrogen-bond donors (Lipinski definition) is 1. The first-order valence-electron chi connectivity index (χ1n) is 8.91. The SMILES string of the molecule is O=C(c1cnc(NCCc2ccccc2F)cn1)N1CCc2ccccc21. The van der Waals surface area contributed by atoms with Gasteiger partial charge in [0, 0.05) is 18.8 Å². The van der Waals surface area contributed by atoms with Gasteiger partial charge in [-0.1, -0.05) is 36.4 Å². The number of amides is 1. The lowest BCUT2D eigenvalue weighted by atomic mass is 10.1. The summed E-state index contributed by atoms with van der Waals surface area (Å²) in [6.07, 6.45) is 4.41. The molecule has 0 atom stereocenters. The average molecular weight is 362 g/mol. The molecule has 0 unspecified atom stereocenters. The van der Waals surface area contributed by atoms with E-state index in [-0.39, 0.29) is 11.7 Å². The smallest absolute Gasteiger partial charge is 0.278 e. The Bertz CT molecular complexity index is 958. The molecule has 6 heteroatoms. The van der Waals surface area contributed by atoms with Crippen LogP contribution in [0.5, 0.6) is 0 Å². The molecule has 2 aromatic carbocycles. The Morgan fingerprint density at radius 3 is 2.70 bits per heavy atom. The Morgan fingerprint density at radius 2 is 1.89 bits per heavy atom. The molecule has 0 bridgehead atoms. The third kappa shape index (κ3) is 3.65. The van der Waals surface area contributed by atoms with Crippen molar-refractivity contribution in [2.45, 2.75) is 12.8 Å². The monoisotopic (exact) mass is 362 g/mol. The zero-order valence-corrected chi connectivity index (χ0v) is 14.7. The van der Waals surface area contributed by atoms with Gasteiger partial charge in [0.25, 0.3) is 5.91 Å². The lowest BCUT2D eigenvalue weighted by molar-refractivity contribution is 0.0984. The molecule has 136 valence electrons. The number of rotatable bonds is 5. The molecule has 0 radical (unpaired) electrons. The summed E-state index contributed by atoms with van der Waals surface area (Å²) in [5.41, 5.74) is 3.07. The number of anilines is 2. The van der Waals surface area contributed by atoms with E-state index in [2.05, 4.69) is 15.3 Å². The van der Waals surface area contributed by atoms with Crippen molar-refractivity contribution in [2.24, 2.45) is 0 Å². The van der Waals surface area contributed by atoms with Crippen LogP contribution in [0.3, 0.4) is 0 Å². The van der Waals surface area contributed by atoms with Crippen molar-refractivity contribution in [3.8, 4) is 0 Å². The Hall–Kier alpha value is -3.28. The highest BCUT2D eigenvalue weighted by Crippen LogP contribution is 2.28. The molecule has 1 aliphatic heterocycles. The van der Waals surface area contributed by atoms with Crippen molar-refractivity contribution >= 4 is 17.4 Å². The number of fused-ring (bicyclic) bond motifs is 1. The van der Waals surface area contributed by atoms with Crippen LogP contribution >= 0.6 is 0 Å². The van der Waals surface area contributed by atoms with E-state index in [4.69, 9.17) is 0 Å². The Kier molecular flexibility index (Phi) is 4.78. The maximum absolute atomic E-state index is 13.6. The van der Waals surface area contributed by atoms with E-state index in [1.54, 1.807) is 17.0 Å². The number of halogens is 1. The van der Waals surface area contributed by atoms with Gasteiger partial charge in [0.05, 0.1) is 12.4 Å². The van der Waals surface area contributed by atoms with Gasteiger partial charge in [-0.15, -0.1) is 0 Å². The Balaban J connectivity index is 1.38. The summed E-state index contributed by atoms with van der Waals surface area (Å²) in [6, 6.07) is 14.6. The van der Waals surface area contributed by atoms with E-state index in [0.717, 1.165) is 12.1 Å². The van der Waals surface area contributed by atoms with E-state index >= 15 is 0 Å². The molecule has 1 N–H and O–H groups in total. The number of para-hydroxylation sites is 1. The first-order valence-corrected chi connectivity index (χ1v) is 8.91. The van der Waals surface area contributed by atoms with Crippen LogP contribution in [0, 0.1) is 5.82 Å². The van der Waals surface area contributed by atoms with Crippen molar-refractivity contribution in [2.75, 3.05) is 23.3 Å². The molecule has 3 aromatic rings. The highest BCUT2D eigenvalue weighted by atomic mass is 19.1. The predicted molar refractivity (Wildman–Crippen MR) is 102 cm³/mol. The highest BCUT2D eigenvalue weighted by Gasteiger charge is 2.26. The maximum Gasteiger partial charge on any atom is 0.278 e. The van der Waals surface area contributed by atoms with Crippen LogP contribution in [0.2, 0.25) is 0 Å². The molecular formula is C21H19FN4O. The maximum atomic E-state index is 13.6. The molecule has 1 aliphatic rings. The van der Waals surface area contributed by atoms with Crippen molar-refractivity contribution in [1.29, 1.82) is 0 Å². The third-order valence-electron chi connectivity index (χ3n) is 4.66. The first kappa shape index (κ1) is 17.1. The van der Waals surface area contributed by atoms with Gasteiger partial charge in [-0.2, -0.15) is 0 Å². The van der Waals surface area contributed by atoms with Gasteiger partial charge >= 0.3 is 0 Å². The molecule has 0 spiro atoms. The van der Waals surface area contributed by atoms with Crippen LogP contribution in [0.1, 0.15) is 21.6 Å². The van der Waals surface area contributed by atoms with E-state index < -0.39 is 0 Å². The van der Waals surface area contributed by atoms with Crippen molar-refractivity contribution in [3.05, 3.63) is 83.6 Å².